The lowest BCUT2D eigenvalue weighted by Gasteiger charge is -2.07. The maximum Gasteiger partial charge on any atom is 0.274 e. The Morgan fingerprint density at radius 2 is 2.19 bits per heavy atom. The Kier molecular flexibility index (Phi) is 4.43. The molecule has 16 heavy (non-hydrogen) atoms. The molecule has 0 heterocycles. The molecule has 0 saturated carbocycles. The summed E-state index contributed by atoms with van der Waals surface area (Å²) in [5.74, 6) is -0.265. The monoisotopic (exact) mass is 350 g/mol. The molecular formula is C9H8Br2N2O3. The van der Waals surface area contributed by atoms with Crippen molar-refractivity contribution in [3.05, 3.63) is 32.3 Å². The number of nitrogens with one attached hydrogen (secondary N) is 1. The second kappa shape index (κ2) is 5.40. The molecule has 0 unspecified atom stereocenters. The fraction of sp³-hybridized carbons (Fsp3) is 0.222. The Bertz CT molecular complexity index is 449. The van der Waals surface area contributed by atoms with E-state index in [0.717, 1.165) is 0 Å². The number of aryl methyl sites for hydroxylation is 1. The van der Waals surface area contributed by atoms with Gasteiger partial charge in [0.05, 0.1) is 15.9 Å². The predicted octanol–water partition coefficient (Wildman–Crippen LogP) is 3.00. The number of alkyl halides is 1. The molecule has 0 aromatic heterocycles. The number of anilines is 1. The first-order valence-corrected chi connectivity index (χ1v) is 6.17. The predicted molar refractivity (Wildman–Crippen MR) is 68.0 cm³/mol. The van der Waals surface area contributed by atoms with E-state index < -0.39 is 4.92 Å². The maximum atomic E-state index is 11.2. The van der Waals surface area contributed by atoms with Gasteiger partial charge in [0, 0.05) is 16.1 Å². The van der Waals surface area contributed by atoms with Crippen molar-refractivity contribution in [3.8, 4) is 0 Å². The van der Waals surface area contributed by atoms with Gasteiger partial charge in [-0.25, -0.2) is 0 Å². The van der Waals surface area contributed by atoms with Crippen LogP contribution < -0.4 is 5.32 Å². The molecular weight excluding hydrogens is 344 g/mol. The number of carbonyl (C=O) groups is 1. The van der Waals surface area contributed by atoms with Gasteiger partial charge in [0.2, 0.25) is 5.91 Å². The van der Waals surface area contributed by atoms with E-state index in [1.165, 1.54) is 6.07 Å². The van der Waals surface area contributed by atoms with Crippen molar-refractivity contribution >= 4 is 49.1 Å². The van der Waals surface area contributed by atoms with Crippen molar-refractivity contribution in [3.63, 3.8) is 0 Å². The van der Waals surface area contributed by atoms with Crippen molar-refractivity contribution in [2.75, 3.05) is 10.6 Å². The number of nitro benzene ring substituents is 1. The van der Waals surface area contributed by atoms with Gasteiger partial charge in [0.15, 0.2) is 0 Å². The van der Waals surface area contributed by atoms with E-state index in [0.29, 0.717) is 15.7 Å². The van der Waals surface area contributed by atoms with Crippen molar-refractivity contribution in [2.24, 2.45) is 0 Å². The van der Waals surface area contributed by atoms with Gasteiger partial charge in [-0.3, -0.25) is 14.9 Å². The highest BCUT2D eigenvalue weighted by molar-refractivity contribution is 9.10. The Morgan fingerprint density at radius 3 is 2.69 bits per heavy atom. The summed E-state index contributed by atoms with van der Waals surface area (Å²) in [4.78, 5) is 21.4. The van der Waals surface area contributed by atoms with Gasteiger partial charge < -0.3 is 5.32 Å². The van der Waals surface area contributed by atoms with Crippen LogP contribution in [0.2, 0.25) is 0 Å². The smallest absolute Gasteiger partial charge is 0.274 e. The summed E-state index contributed by atoms with van der Waals surface area (Å²) in [6, 6.07) is 2.93. The summed E-state index contributed by atoms with van der Waals surface area (Å²) in [6.45, 7) is 1.64. The quantitative estimate of drug-likeness (QED) is 0.517. The Labute approximate surface area is 109 Å². The number of hydrogen-bond donors (Lipinski definition) is 1. The molecule has 1 N–H and O–H groups in total. The lowest BCUT2D eigenvalue weighted by atomic mass is 10.2. The highest BCUT2D eigenvalue weighted by Crippen LogP contribution is 2.30. The lowest BCUT2D eigenvalue weighted by Crippen LogP contribution is -2.13. The van der Waals surface area contributed by atoms with Crippen LogP contribution in [0.3, 0.4) is 0 Å². The van der Waals surface area contributed by atoms with E-state index in [1.807, 2.05) is 0 Å². The number of carbonyl (C=O) groups excluding carboxylic acids is 1. The van der Waals surface area contributed by atoms with Crippen molar-refractivity contribution in [1.82, 2.24) is 0 Å². The number of nitrogens with zero attached hydrogens (tertiary/aromatic N) is 1. The number of amides is 1. The van der Waals surface area contributed by atoms with E-state index >= 15 is 0 Å². The average Bonchev–Trinajstić information content (AvgIpc) is 2.21. The van der Waals surface area contributed by atoms with Gasteiger partial charge in [-0.1, -0.05) is 15.9 Å². The average molecular weight is 352 g/mol. The van der Waals surface area contributed by atoms with Crippen LogP contribution in [-0.2, 0) is 4.79 Å². The second-order valence-corrected chi connectivity index (χ2v) is 4.47. The van der Waals surface area contributed by atoms with Gasteiger partial charge in [-0.15, -0.1) is 0 Å². The fourth-order valence-electron chi connectivity index (χ4n) is 1.14. The highest BCUT2D eigenvalue weighted by Gasteiger charge is 2.15. The van der Waals surface area contributed by atoms with Crippen LogP contribution in [0.5, 0.6) is 0 Å². The minimum absolute atomic E-state index is 0.0203. The number of nitro groups is 1. The van der Waals surface area contributed by atoms with Crippen LogP contribution in [0, 0.1) is 17.0 Å². The molecule has 0 radical (unpaired) electrons. The molecule has 0 saturated heterocycles. The molecule has 0 aliphatic heterocycles. The maximum absolute atomic E-state index is 11.2. The first kappa shape index (κ1) is 13.1. The molecule has 0 aliphatic carbocycles. The minimum atomic E-state index is -0.481. The van der Waals surface area contributed by atoms with E-state index in [2.05, 4.69) is 37.2 Å². The Hall–Kier alpha value is -0.950. The summed E-state index contributed by atoms with van der Waals surface area (Å²) < 4.78 is 0.616. The summed E-state index contributed by atoms with van der Waals surface area (Å²) in [5.41, 5.74) is 0.906. The largest absolute Gasteiger partial charge is 0.324 e. The zero-order valence-electron chi connectivity index (χ0n) is 8.29. The summed E-state index contributed by atoms with van der Waals surface area (Å²) in [6.07, 6.45) is 0. The van der Waals surface area contributed by atoms with Crippen LogP contribution in [0.1, 0.15) is 5.56 Å². The van der Waals surface area contributed by atoms with Crippen LogP contribution in [0.4, 0.5) is 11.4 Å². The SMILES string of the molecule is Cc1cc(Br)c(NC(=O)CBr)cc1[N+](=O)[O-]. The number of benzene rings is 1. The molecule has 0 aliphatic rings. The van der Waals surface area contributed by atoms with Gasteiger partial charge >= 0.3 is 0 Å². The first-order valence-electron chi connectivity index (χ1n) is 4.26. The minimum Gasteiger partial charge on any atom is -0.324 e. The molecule has 7 heteroatoms. The molecule has 1 rings (SSSR count). The van der Waals surface area contributed by atoms with Crippen LogP contribution in [0.25, 0.3) is 0 Å². The zero-order chi connectivity index (χ0) is 12.3. The van der Waals surface area contributed by atoms with Crippen molar-refractivity contribution in [2.45, 2.75) is 6.92 Å². The Balaban J connectivity index is 3.14. The molecule has 1 aromatic rings. The Morgan fingerprint density at radius 1 is 1.56 bits per heavy atom. The van der Waals surface area contributed by atoms with Crippen molar-refractivity contribution in [1.29, 1.82) is 0 Å². The van der Waals surface area contributed by atoms with Gasteiger partial charge in [-0.05, 0) is 28.9 Å². The molecule has 86 valence electrons. The zero-order valence-corrected chi connectivity index (χ0v) is 11.5. The highest BCUT2D eigenvalue weighted by atomic mass is 79.9. The lowest BCUT2D eigenvalue weighted by molar-refractivity contribution is -0.385. The van der Waals surface area contributed by atoms with Crippen LogP contribution >= 0.6 is 31.9 Å². The van der Waals surface area contributed by atoms with Crippen LogP contribution in [-0.4, -0.2) is 16.2 Å². The molecule has 1 amide bonds. The molecule has 0 fully saturated rings. The fourth-order valence-corrected chi connectivity index (χ4v) is 1.83. The van der Waals surface area contributed by atoms with Gasteiger partial charge in [-0.2, -0.15) is 0 Å². The van der Waals surface area contributed by atoms with Gasteiger partial charge in [0.1, 0.15) is 0 Å². The standard InChI is InChI=1S/C9H8Br2N2O3/c1-5-2-6(11)7(12-9(14)4-10)3-8(5)13(15)16/h2-3H,4H2,1H3,(H,12,14). The number of halogens is 2. The summed E-state index contributed by atoms with van der Waals surface area (Å²) >= 11 is 6.23. The molecule has 0 spiro atoms. The van der Waals surface area contributed by atoms with E-state index in [9.17, 15) is 14.9 Å². The third kappa shape index (κ3) is 3.02. The topological polar surface area (TPSA) is 72.2 Å². The first-order chi connectivity index (χ1) is 7.45. The third-order valence-electron chi connectivity index (χ3n) is 1.88. The molecule has 0 atom stereocenters. The third-order valence-corrected chi connectivity index (χ3v) is 3.04. The summed E-state index contributed by atoms with van der Waals surface area (Å²) in [5, 5.41) is 13.4. The van der Waals surface area contributed by atoms with Crippen molar-refractivity contribution < 1.29 is 9.72 Å². The van der Waals surface area contributed by atoms with Crippen LogP contribution in [0.15, 0.2) is 16.6 Å². The van der Waals surface area contributed by atoms with E-state index in [4.69, 9.17) is 0 Å². The van der Waals surface area contributed by atoms with Gasteiger partial charge in [0.25, 0.3) is 5.69 Å². The molecule has 5 nitrogen and oxygen atoms in total. The van der Waals surface area contributed by atoms with E-state index in [-0.39, 0.29) is 16.9 Å². The summed E-state index contributed by atoms with van der Waals surface area (Å²) in [7, 11) is 0. The molecule has 0 bridgehead atoms. The van der Waals surface area contributed by atoms with E-state index in [1.54, 1.807) is 13.0 Å². The normalized spacial score (nSPS) is 9.94. The number of rotatable bonds is 3. The number of hydrogen-bond acceptors (Lipinski definition) is 3. The second-order valence-electron chi connectivity index (χ2n) is 3.06. The molecule has 1 aromatic carbocycles.